The van der Waals surface area contributed by atoms with E-state index in [0.29, 0.717) is 11.5 Å². The van der Waals surface area contributed by atoms with E-state index < -0.39 is 11.8 Å². The van der Waals surface area contributed by atoms with Crippen LogP contribution >= 0.6 is 0 Å². The van der Waals surface area contributed by atoms with Crippen molar-refractivity contribution in [3.05, 3.63) is 54.1 Å². The SMILES string of the molecule is COc1cc(F)ccc1NC(=O)NC(C)c1nc2ccccc2[nH]1. The van der Waals surface area contributed by atoms with Gasteiger partial charge in [-0.25, -0.2) is 14.2 Å². The number of hydrogen-bond acceptors (Lipinski definition) is 3. The molecular formula is C17H17FN4O2. The van der Waals surface area contributed by atoms with E-state index in [1.54, 1.807) is 0 Å². The summed E-state index contributed by atoms with van der Waals surface area (Å²) in [6, 6.07) is 10.8. The second-order valence-corrected chi connectivity index (χ2v) is 5.30. The van der Waals surface area contributed by atoms with Crippen LogP contribution in [-0.2, 0) is 0 Å². The third-order valence-electron chi connectivity index (χ3n) is 3.58. The van der Waals surface area contributed by atoms with Gasteiger partial charge in [-0.1, -0.05) is 12.1 Å². The van der Waals surface area contributed by atoms with Crippen LogP contribution < -0.4 is 15.4 Å². The molecule has 6 nitrogen and oxygen atoms in total. The molecule has 0 fully saturated rings. The fourth-order valence-electron chi connectivity index (χ4n) is 2.37. The highest BCUT2D eigenvalue weighted by Crippen LogP contribution is 2.25. The number of carbonyl (C=O) groups is 1. The number of methoxy groups -OCH3 is 1. The van der Waals surface area contributed by atoms with Crippen molar-refractivity contribution in [2.75, 3.05) is 12.4 Å². The molecule has 0 aliphatic heterocycles. The normalized spacial score (nSPS) is 12.0. The molecule has 1 atom stereocenters. The van der Waals surface area contributed by atoms with Crippen LogP contribution in [0.2, 0.25) is 0 Å². The van der Waals surface area contributed by atoms with Crippen LogP contribution in [0.25, 0.3) is 11.0 Å². The van der Waals surface area contributed by atoms with Crippen molar-refractivity contribution in [2.45, 2.75) is 13.0 Å². The molecular weight excluding hydrogens is 311 g/mol. The molecule has 2 amide bonds. The fourth-order valence-corrected chi connectivity index (χ4v) is 2.37. The first-order chi connectivity index (χ1) is 11.6. The number of nitrogens with one attached hydrogen (secondary N) is 3. The van der Waals surface area contributed by atoms with Crippen LogP contribution in [0.4, 0.5) is 14.9 Å². The molecule has 3 rings (SSSR count). The van der Waals surface area contributed by atoms with Crippen LogP contribution in [-0.4, -0.2) is 23.1 Å². The van der Waals surface area contributed by atoms with Crippen molar-refractivity contribution < 1.29 is 13.9 Å². The van der Waals surface area contributed by atoms with E-state index in [9.17, 15) is 9.18 Å². The van der Waals surface area contributed by atoms with Gasteiger partial charge in [-0.05, 0) is 31.2 Å². The van der Waals surface area contributed by atoms with E-state index in [0.717, 1.165) is 11.0 Å². The number of urea groups is 1. The van der Waals surface area contributed by atoms with Crippen LogP contribution in [0, 0.1) is 5.82 Å². The third kappa shape index (κ3) is 3.29. The number of aromatic nitrogens is 2. The van der Waals surface area contributed by atoms with Gasteiger partial charge in [0.2, 0.25) is 0 Å². The standard InChI is InChI=1S/C17H17FN4O2/c1-10(16-20-12-5-3-4-6-13(12)21-16)19-17(23)22-14-8-7-11(18)9-15(14)24-2/h3-10H,1-2H3,(H,20,21)(H2,19,22,23). The zero-order chi connectivity index (χ0) is 17.1. The first-order valence-electron chi connectivity index (χ1n) is 7.42. The Bertz CT molecular complexity index is 845. The van der Waals surface area contributed by atoms with E-state index in [4.69, 9.17) is 4.74 Å². The van der Waals surface area contributed by atoms with Gasteiger partial charge in [-0.3, -0.25) is 0 Å². The molecule has 0 saturated heterocycles. The highest BCUT2D eigenvalue weighted by molar-refractivity contribution is 5.91. The summed E-state index contributed by atoms with van der Waals surface area (Å²) in [4.78, 5) is 19.8. The number of benzene rings is 2. The predicted octanol–water partition coefficient (Wildman–Crippen LogP) is 3.59. The molecule has 3 aromatic rings. The Labute approximate surface area is 138 Å². The number of halogens is 1. The minimum Gasteiger partial charge on any atom is -0.494 e. The number of hydrogen-bond donors (Lipinski definition) is 3. The van der Waals surface area contributed by atoms with Gasteiger partial charge in [0.15, 0.2) is 0 Å². The molecule has 7 heteroatoms. The van der Waals surface area contributed by atoms with E-state index in [1.165, 1.54) is 25.3 Å². The molecule has 1 heterocycles. The highest BCUT2D eigenvalue weighted by atomic mass is 19.1. The topological polar surface area (TPSA) is 79.0 Å². The van der Waals surface area contributed by atoms with Crippen molar-refractivity contribution in [3.8, 4) is 5.75 Å². The lowest BCUT2D eigenvalue weighted by atomic mass is 10.3. The van der Waals surface area contributed by atoms with Crippen LogP contribution in [0.3, 0.4) is 0 Å². The van der Waals surface area contributed by atoms with Gasteiger partial charge >= 0.3 is 6.03 Å². The van der Waals surface area contributed by atoms with Crippen LogP contribution in [0.5, 0.6) is 5.75 Å². The summed E-state index contributed by atoms with van der Waals surface area (Å²) < 4.78 is 18.2. The third-order valence-corrected chi connectivity index (χ3v) is 3.58. The van der Waals surface area contributed by atoms with Crippen molar-refractivity contribution in [1.82, 2.24) is 15.3 Å². The quantitative estimate of drug-likeness (QED) is 0.685. The summed E-state index contributed by atoms with van der Waals surface area (Å²) in [6.07, 6.45) is 0. The minimum absolute atomic E-state index is 0.251. The molecule has 3 N–H and O–H groups in total. The van der Waals surface area contributed by atoms with Gasteiger partial charge in [0.05, 0.1) is 29.9 Å². The van der Waals surface area contributed by atoms with E-state index in [2.05, 4.69) is 20.6 Å². The number of anilines is 1. The molecule has 1 aromatic heterocycles. The van der Waals surface area contributed by atoms with Gasteiger partial charge in [-0.15, -0.1) is 0 Å². The molecule has 24 heavy (non-hydrogen) atoms. The maximum atomic E-state index is 13.2. The average Bonchev–Trinajstić information content (AvgIpc) is 3.00. The Balaban J connectivity index is 1.70. The first kappa shape index (κ1) is 15.8. The zero-order valence-corrected chi connectivity index (χ0v) is 13.3. The molecule has 2 aromatic carbocycles. The number of amides is 2. The van der Waals surface area contributed by atoms with Gasteiger partial charge in [0, 0.05) is 6.07 Å². The number of carbonyl (C=O) groups excluding carboxylic acids is 1. The number of nitrogens with zero attached hydrogens (tertiary/aromatic N) is 1. The average molecular weight is 328 g/mol. The number of fused-ring (bicyclic) bond motifs is 1. The zero-order valence-electron chi connectivity index (χ0n) is 13.3. The van der Waals surface area contributed by atoms with Crippen molar-refractivity contribution in [1.29, 1.82) is 0 Å². The Kier molecular flexibility index (Phi) is 4.33. The molecule has 1 unspecified atom stereocenters. The number of H-pyrrole nitrogens is 1. The van der Waals surface area contributed by atoms with E-state index in [1.807, 2.05) is 31.2 Å². The molecule has 0 aliphatic rings. The largest absolute Gasteiger partial charge is 0.494 e. The first-order valence-corrected chi connectivity index (χ1v) is 7.42. The number of imidazole rings is 1. The highest BCUT2D eigenvalue weighted by Gasteiger charge is 2.15. The molecule has 0 spiro atoms. The predicted molar refractivity (Wildman–Crippen MR) is 89.6 cm³/mol. The van der Waals surface area contributed by atoms with E-state index >= 15 is 0 Å². The van der Waals surface area contributed by atoms with Crippen molar-refractivity contribution in [3.63, 3.8) is 0 Å². The molecule has 0 radical (unpaired) electrons. The summed E-state index contributed by atoms with van der Waals surface area (Å²) in [6.45, 7) is 1.82. The second-order valence-electron chi connectivity index (χ2n) is 5.30. The Hall–Kier alpha value is -3.09. The maximum absolute atomic E-state index is 13.2. The summed E-state index contributed by atoms with van der Waals surface area (Å²) in [5.74, 6) is 0.465. The summed E-state index contributed by atoms with van der Waals surface area (Å²) in [5.41, 5.74) is 2.12. The smallest absolute Gasteiger partial charge is 0.319 e. The molecule has 0 bridgehead atoms. The maximum Gasteiger partial charge on any atom is 0.319 e. The van der Waals surface area contributed by atoms with Crippen molar-refractivity contribution >= 4 is 22.8 Å². The van der Waals surface area contributed by atoms with Gasteiger partial charge in [0.25, 0.3) is 0 Å². The monoisotopic (exact) mass is 328 g/mol. The molecule has 0 saturated carbocycles. The lowest BCUT2D eigenvalue weighted by molar-refractivity contribution is 0.249. The van der Waals surface area contributed by atoms with E-state index in [-0.39, 0.29) is 11.8 Å². The van der Waals surface area contributed by atoms with Gasteiger partial charge in [-0.2, -0.15) is 0 Å². The summed E-state index contributed by atoms with van der Waals surface area (Å²) >= 11 is 0. The fraction of sp³-hybridized carbons (Fsp3) is 0.176. The van der Waals surface area contributed by atoms with Crippen LogP contribution in [0.15, 0.2) is 42.5 Å². The molecule has 0 aliphatic carbocycles. The Morgan fingerprint density at radius 1 is 1.29 bits per heavy atom. The lowest BCUT2D eigenvalue weighted by Gasteiger charge is -2.14. The van der Waals surface area contributed by atoms with Gasteiger partial charge in [0.1, 0.15) is 17.4 Å². The van der Waals surface area contributed by atoms with Gasteiger partial charge < -0.3 is 20.4 Å². The van der Waals surface area contributed by atoms with Crippen molar-refractivity contribution in [2.24, 2.45) is 0 Å². The minimum atomic E-state index is -0.437. The second kappa shape index (κ2) is 6.57. The number of aromatic amines is 1. The number of para-hydroxylation sites is 2. The number of rotatable bonds is 4. The lowest BCUT2D eigenvalue weighted by Crippen LogP contribution is -2.31. The summed E-state index contributed by atoms with van der Waals surface area (Å²) in [7, 11) is 1.41. The Morgan fingerprint density at radius 2 is 2.08 bits per heavy atom. The summed E-state index contributed by atoms with van der Waals surface area (Å²) in [5, 5.41) is 5.42. The van der Waals surface area contributed by atoms with Crippen LogP contribution in [0.1, 0.15) is 18.8 Å². The Morgan fingerprint density at radius 3 is 2.83 bits per heavy atom. The number of ether oxygens (including phenoxy) is 1. The molecule has 124 valence electrons.